The van der Waals surface area contributed by atoms with E-state index in [1.165, 1.54) is 22.8 Å². The van der Waals surface area contributed by atoms with E-state index in [-0.39, 0.29) is 34.9 Å². The molecule has 0 bridgehead atoms. The number of nitrogens with zero attached hydrogens (tertiary/aromatic N) is 3. The van der Waals surface area contributed by atoms with Crippen molar-refractivity contribution in [1.29, 1.82) is 0 Å². The maximum Gasteiger partial charge on any atom is 0.416 e. The molecule has 0 aliphatic heterocycles. The number of pyridine rings is 1. The Balaban J connectivity index is 0.00000342. The maximum atomic E-state index is 12.8. The van der Waals surface area contributed by atoms with E-state index >= 15 is 0 Å². The molecule has 2 aromatic carbocycles. The Morgan fingerprint density at radius 3 is 2.43 bits per heavy atom. The third-order valence-corrected chi connectivity index (χ3v) is 5.27. The molecular formula is C24H21F3FeN5O2-. The molecule has 7 nitrogen and oxygen atoms in total. The zero-order valence-electron chi connectivity index (χ0n) is 18.7. The number of allylic oxidation sites excluding steroid dienone is 1. The molecule has 0 spiro atoms. The number of fused-ring (bicyclic) bond motifs is 1. The summed E-state index contributed by atoms with van der Waals surface area (Å²) in [5, 5.41) is 4.65. The second-order valence-corrected chi connectivity index (χ2v) is 7.85. The van der Waals surface area contributed by atoms with Gasteiger partial charge >= 0.3 is 6.18 Å². The number of nitrogens with two attached hydrogens (primary N) is 1. The minimum absolute atomic E-state index is 0. The van der Waals surface area contributed by atoms with E-state index in [1.54, 1.807) is 29.9 Å². The normalized spacial score (nSPS) is 12.0. The number of nitrogens with one attached hydrogen (secondary N) is 1. The van der Waals surface area contributed by atoms with Crippen molar-refractivity contribution < 1.29 is 35.0 Å². The molecule has 184 valence electrons. The fourth-order valence-electron chi connectivity index (χ4n) is 3.66. The summed E-state index contributed by atoms with van der Waals surface area (Å²) in [5.74, 6) is 0.657. The van der Waals surface area contributed by atoms with Gasteiger partial charge in [-0.2, -0.15) is 24.5 Å². The number of halogens is 3. The Labute approximate surface area is 209 Å². The van der Waals surface area contributed by atoms with E-state index in [1.807, 2.05) is 13.0 Å². The molecule has 3 N–H and O–H groups in total. The average Bonchev–Trinajstić information content (AvgIpc) is 3.14. The first-order valence-electron chi connectivity index (χ1n) is 10.2. The average molecular weight is 524 g/mol. The molecule has 2 aromatic heterocycles. The van der Waals surface area contributed by atoms with Gasteiger partial charge in [-0.3, -0.25) is 9.48 Å². The third-order valence-electron chi connectivity index (χ3n) is 5.27. The van der Waals surface area contributed by atoms with Crippen LogP contribution in [0.25, 0.3) is 28.0 Å². The van der Waals surface area contributed by atoms with Crippen molar-refractivity contribution in [2.24, 2.45) is 12.8 Å². The Morgan fingerprint density at radius 1 is 1.11 bits per heavy atom. The van der Waals surface area contributed by atoms with Crippen LogP contribution in [-0.4, -0.2) is 14.3 Å². The van der Waals surface area contributed by atoms with Crippen LogP contribution in [0.15, 0.2) is 71.3 Å². The molecule has 0 fully saturated rings. The van der Waals surface area contributed by atoms with Gasteiger partial charge in [0, 0.05) is 41.4 Å². The van der Waals surface area contributed by atoms with Gasteiger partial charge in [-0.15, -0.1) is 0 Å². The summed E-state index contributed by atoms with van der Waals surface area (Å²) >= 11 is 0. The second-order valence-electron chi connectivity index (χ2n) is 7.85. The molecule has 2 heterocycles. The predicted octanol–water partition coefficient (Wildman–Crippen LogP) is 5.37. The van der Waals surface area contributed by atoms with Gasteiger partial charge in [0.1, 0.15) is 17.2 Å². The Hall–Kier alpha value is -3.69. The van der Waals surface area contributed by atoms with Crippen molar-refractivity contribution in [1.82, 2.24) is 14.3 Å². The summed E-state index contributed by atoms with van der Waals surface area (Å²) in [4.78, 5) is 12.3. The van der Waals surface area contributed by atoms with Gasteiger partial charge in [-0.1, -0.05) is 0 Å². The van der Waals surface area contributed by atoms with E-state index in [0.717, 1.165) is 23.9 Å². The van der Waals surface area contributed by atoms with Gasteiger partial charge in [-0.05, 0) is 61.0 Å². The SMILES string of the molecule is Cc1cc(Oc2ccc(C(F)(F)F)cc2)cc(-c2nn(C/C(N)=C/[NH-])c3ccc(=O)n(C)c23)c1.[Fe]. The number of aromatic nitrogens is 3. The minimum atomic E-state index is -4.43. The maximum absolute atomic E-state index is 12.8. The zero-order valence-corrected chi connectivity index (χ0v) is 19.8. The van der Waals surface area contributed by atoms with Crippen LogP contribution in [-0.2, 0) is 36.8 Å². The first-order chi connectivity index (χ1) is 16.1. The van der Waals surface area contributed by atoms with Crippen LogP contribution < -0.4 is 16.0 Å². The summed E-state index contributed by atoms with van der Waals surface area (Å²) in [7, 11) is 1.64. The Bertz CT molecular complexity index is 1460. The van der Waals surface area contributed by atoms with Crippen molar-refractivity contribution in [3.05, 3.63) is 93.7 Å². The molecule has 0 radical (unpaired) electrons. The first-order valence-corrected chi connectivity index (χ1v) is 10.2. The fourth-order valence-corrected chi connectivity index (χ4v) is 3.66. The van der Waals surface area contributed by atoms with Crippen LogP contribution in [0.5, 0.6) is 11.5 Å². The van der Waals surface area contributed by atoms with Crippen LogP contribution in [0.1, 0.15) is 11.1 Å². The molecule has 0 atom stereocenters. The predicted molar refractivity (Wildman–Crippen MR) is 123 cm³/mol. The number of alkyl halides is 3. The van der Waals surface area contributed by atoms with Gasteiger partial charge in [0.05, 0.1) is 23.1 Å². The fraction of sp³-hybridized carbons (Fsp3) is 0.167. The molecule has 0 saturated heterocycles. The smallest absolute Gasteiger partial charge is 0.416 e. The topological polar surface area (TPSA) is 98.9 Å². The summed E-state index contributed by atoms with van der Waals surface area (Å²) < 4.78 is 47.4. The van der Waals surface area contributed by atoms with Crippen molar-refractivity contribution >= 4 is 11.0 Å². The van der Waals surface area contributed by atoms with Gasteiger partial charge in [0.25, 0.3) is 5.56 Å². The molecule has 4 rings (SSSR count). The third kappa shape index (κ3) is 5.36. The van der Waals surface area contributed by atoms with E-state index in [9.17, 15) is 18.0 Å². The van der Waals surface area contributed by atoms with Gasteiger partial charge in [0.15, 0.2) is 0 Å². The van der Waals surface area contributed by atoms with Gasteiger partial charge in [-0.25, -0.2) is 0 Å². The van der Waals surface area contributed by atoms with E-state index < -0.39 is 11.7 Å². The van der Waals surface area contributed by atoms with Crippen molar-refractivity contribution in [3.8, 4) is 22.8 Å². The molecule has 0 aliphatic carbocycles. The number of benzene rings is 2. The van der Waals surface area contributed by atoms with Crippen LogP contribution in [0.2, 0.25) is 0 Å². The first kappa shape index (κ1) is 25.9. The largest absolute Gasteiger partial charge is 0.704 e. The van der Waals surface area contributed by atoms with Gasteiger partial charge in [0.2, 0.25) is 0 Å². The molecule has 0 aliphatic rings. The van der Waals surface area contributed by atoms with E-state index in [0.29, 0.717) is 33.7 Å². The summed E-state index contributed by atoms with van der Waals surface area (Å²) in [6, 6.07) is 12.8. The number of ether oxygens (including phenoxy) is 1. The van der Waals surface area contributed by atoms with Crippen LogP contribution in [0, 0.1) is 6.92 Å². The van der Waals surface area contributed by atoms with E-state index in [4.69, 9.17) is 16.2 Å². The Morgan fingerprint density at radius 2 is 1.80 bits per heavy atom. The molecule has 0 saturated carbocycles. The van der Waals surface area contributed by atoms with Crippen LogP contribution in [0.3, 0.4) is 0 Å². The quantitative estimate of drug-likeness (QED) is 0.355. The van der Waals surface area contributed by atoms with Crippen LogP contribution >= 0.6 is 0 Å². The summed E-state index contributed by atoms with van der Waals surface area (Å²) in [5.41, 5.74) is 15.7. The van der Waals surface area contributed by atoms with Gasteiger partial charge < -0.3 is 20.8 Å². The second kappa shape index (κ2) is 9.89. The van der Waals surface area contributed by atoms with Crippen LogP contribution in [0.4, 0.5) is 13.2 Å². The molecular weight excluding hydrogens is 503 g/mol. The molecule has 0 unspecified atom stereocenters. The zero-order chi connectivity index (χ0) is 24.6. The molecule has 11 heteroatoms. The Kier molecular flexibility index (Phi) is 7.33. The van der Waals surface area contributed by atoms with Crippen molar-refractivity contribution in [2.75, 3.05) is 0 Å². The van der Waals surface area contributed by atoms with Crippen molar-refractivity contribution in [2.45, 2.75) is 19.6 Å². The monoisotopic (exact) mass is 524 g/mol. The summed E-state index contributed by atoms with van der Waals surface area (Å²) in [6.45, 7) is 2.01. The summed E-state index contributed by atoms with van der Waals surface area (Å²) in [6.07, 6.45) is -3.39. The number of aryl methyl sites for hydroxylation is 2. The number of hydrogen-bond acceptors (Lipinski definition) is 4. The molecule has 4 aromatic rings. The van der Waals surface area contributed by atoms with Crippen molar-refractivity contribution in [3.63, 3.8) is 0 Å². The molecule has 35 heavy (non-hydrogen) atoms. The minimum Gasteiger partial charge on any atom is -0.704 e. The molecule has 0 amide bonds. The van der Waals surface area contributed by atoms with E-state index in [2.05, 4.69) is 5.10 Å². The number of rotatable bonds is 5. The number of hydrogen-bond donors (Lipinski definition) is 1. The standard InChI is InChI=1S/C24H22F3N5O2.Fe/c1-14-9-15(11-19(10-14)34-18-5-3-16(4-6-18)24(25,26)27)22-23-20(7-8-21(33)31(23)2)32(30-22)13-17(29)12-28;/h3-12H,13H2,1-2H3,(H4,28,29,30,33);/p-1.